The van der Waals surface area contributed by atoms with Crippen LogP contribution in [0, 0.1) is 0 Å². The highest BCUT2D eigenvalue weighted by Gasteiger charge is 2.51. The highest BCUT2D eigenvalue weighted by Crippen LogP contribution is 2.30. The van der Waals surface area contributed by atoms with E-state index in [1.165, 1.54) is 289 Å². The van der Waals surface area contributed by atoms with Crippen LogP contribution in [0.3, 0.4) is 0 Å². The summed E-state index contributed by atoms with van der Waals surface area (Å²) in [5.74, 6) is -0.241. The van der Waals surface area contributed by atoms with E-state index in [9.17, 15) is 45.6 Å². The predicted octanol–water partition coefficient (Wildman–Crippen LogP) is 16.3. The maximum absolute atomic E-state index is 13.3. The smallest absolute Gasteiger partial charge is 0.220 e. The van der Waals surface area contributed by atoms with Crippen LogP contribution in [0.1, 0.15) is 354 Å². The number of allylic oxidation sites excluding steroid dienone is 3. The topological polar surface area (TPSA) is 228 Å². The number of nitrogens with one attached hydrogen (secondary N) is 1. The van der Waals surface area contributed by atoms with Gasteiger partial charge in [-0.1, -0.05) is 340 Å². The molecule has 14 nitrogen and oxygen atoms in total. The summed E-state index contributed by atoms with van der Waals surface area (Å²) in [4.78, 5) is 13.3. The Kier molecular flexibility index (Phi) is 56.5. The molecule has 2 aliphatic rings. The van der Waals surface area contributed by atoms with Crippen LogP contribution in [0.2, 0.25) is 0 Å². The van der Waals surface area contributed by atoms with Gasteiger partial charge in [0.25, 0.3) is 0 Å². The third-order valence-electron chi connectivity index (χ3n) is 18.9. The number of ether oxygens (including phenoxy) is 4. The molecule has 2 fully saturated rings. The number of hydrogen-bond acceptors (Lipinski definition) is 13. The molecule has 0 aromatic rings. The van der Waals surface area contributed by atoms with E-state index < -0.39 is 86.8 Å². The molecule has 2 aliphatic heterocycles. The van der Waals surface area contributed by atoms with Crippen LogP contribution in [0.5, 0.6) is 0 Å². The average molecular weight is 1270 g/mol. The third-order valence-corrected chi connectivity index (χ3v) is 18.9. The number of carbonyl (C=O) groups is 1. The van der Waals surface area contributed by atoms with Gasteiger partial charge in [0, 0.05) is 6.42 Å². The molecule has 12 atom stereocenters. The van der Waals surface area contributed by atoms with Crippen LogP contribution in [-0.2, 0) is 23.7 Å². The summed E-state index contributed by atoms with van der Waals surface area (Å²) in [6.45, 7) is 2.85. The molecular formula is C75H143NO13. The highest BCUT2D eigenvalue weighted by molar-refractivity contribution is 5.76. The molecule has 526 valence electrons. The number of rotatable bonds is 64. The van der Waals surface area contributed by atoms with Crippen molar-refractivity contribution in [2.45, 2.75) is 428 Å². The highest BCUT2D eigenvalue weighted by atomic mass is 16.7. The van der Waals surface area contributed by atoms with Crippen molar-refractivity contribution in [2.24, 2.45) is 0 Å². The number of unbranched alkanes of at least 4 members (excludes halogenated alkanes) is 49. The number of carbonyl (C=O) groups excluding carboxylic acids is 1. The summed E-state index contributed by atoms with van der Waals surface area (Å²) in [6, 6.07) is -0.930. The minimum absolute atomic E-state index is 0.241. The summed E-state index contributed by atoms with van der Waals surface area (Å²) in [5.41, 5.74) is 0. The molecule has 0 aromatic heterocycles. The molecule has 89 heavy (non-hydrogen) atoms. The minimum Gasteiger partial charge on any atom is -0.394 e. The van der Waals surface area contributed by atoms with Crippen molar-refractivity contribution in [3.8, 4) is 0 Å². The molecule has 0 bridgehead atoms. The second-order valence-corrected chi connectivity index (χ2v) is 27.1. The predicted molar refractivity (Wildman–Crippen MR) is 365 cm³/mol. The van der Waals surface area contributed by atoms with Crippen molar-refractivity contribution in [3.05, 3.63) is 24.3 Å². The van der Waals surface area contributed by atoms with Gasteiger partial charge in [0.1, 0.15) is 48.8 Å². The first-order chi connectivity index (χ1) is 43.6. The van der Waals surface area contributed by atoms with Gasteiger partial charge in [-0.3, -0.25) is 4.79 Å². The van der Waals surface area contributed by atoms with E-state index in [0.29, 0.717) is 12.8 Å². The van der Waals surface area contributed by atoms with E-state index in [1.807, 2.05) is 6.08 Å². The molecule has 9 N–H and O–H groups in total. The Labute approximate surface area is 545 Å². The Hall–Kier alpha value is -1.53. The van der Waals surface area contributed by atoms with Crippen molar-refractivity contribution in [2.75, 3.05) is 19.8 Å². The zero-order valence-electron chi connectivity index (χ0n) is 57.5. The van der Waals surface area contributed by atoms with Crippen LogP contribution >= 0.6 is 0 Å². The zero-order valence-corrected chi connectivity index (χ0v) is 57.5. The van der Waals surface area contributed by atoms with Gasteiger partial charge in [0.2, 0.25) is 5.91 Å². The first kappa shape index (κ1) is 83.6. The van der Waals surface area contributed by atoms with Crippen molar-refractivity contribution < 1.29 is 64.6 Å². The van der Waals surface area contributed by atoms with Crippen LogP contribution in [-0.4, -0.2) is 140 Å². The lowest BCUT2D eigenvalue weighted by Gasteiger charge is -2.46. The van der Waals surface area contributed by atoms with Gasteiger partial charge in [-0.2, -0.15) is 0 Å². The molecule has 2 rings (SSSR count). The van der Waals surface area contributed by atoms with Gasteiger partial charge in [0.05, 0.1) is 32.0 Å². The fraction of sp³-hybridized carbons (Fsp3) is 0.933. The zero-order chi connectivity index (χ0) is 64.5. The van der Waals surface area contributed by atoms with Crippen molar-refractivity contribution in [1.82, 2.24) is 5.32 Å². The molecule has 0 aliphatic carbocycles. The Balaban J connectivity index is 1.63. The monoisotopic (exact) mass is 1270 g/mol. The lowest BCUT2D eigenvalue weighted by atomic mass is 9.97. The van der Waals surface area contributed by atoms with Gasteiger partial charge in [-0.05, 0) is 32.1 Å². The van der Waals surface area contributed by atoms with Gasteiger partial charge >= 0.3 is 0 Å². The molecule has 0 spiro atoms. The Morgan fingerprint density at radius 3 is 1.10 bits per heavy atom. The maximum Gasteiger partial charge on any atom is 0.220 e. The molecule has 2 saturated heterocycles. The van der Waals surface area contributed by atoms with E-state index in [2.05, 4.69) is 31.3 Å². The fourth-order valence-corrected chi connectivity index (χ4v) is 12.8. The summed E-state index contributed by atoms with van der Waals surface area (Å²) in [5, 5.41) is 87.5. The van der Waals surface area contributed by atoms with Crippen molar-refractivity contribution in [1.29, 1.82) is 0 Å². The number of aliphatic hydroxyl groups excluding tert-OH is 8. The number of aliphatic hydroxyl groups is 8. The van der Waals surface area contributed by atoms with Gasteiger partial charge < -0.3 is 65.1 Å². The third kappa shape index (κ3) is 44.0. The largest absolute Gasteiger partial charge is 0.394 e. The van der Waals surface area contributed by atoms with Crippen LogP contribution in [0.15, 0.2) is 24.3 Å². The summed E-state index contributed by atoms with van der Waals surface area (Å²) < 4.78 is 22.9. The fourth-order valence-electron chi connectivity index (χ4n) is 12.8. The van der Waals surface area contributed by atoms with E-state index in [4.69, 9.17) is 18.9 Å². The van der Waals surface area contributed by atoms with Gasteiger partial charge in [-0.15, -0.1) is 0 Å². The normalized spacial score (nSPS) is 23.1. The molecule has 14 heteroatoms. The molecule has 1 amide bonds. The van der Waals surface area contributed by atoms with Crippen LogP contribution in [0.4, 0.5) is 0 Å². The Bertz CT molecular complexity index is 1590. The summed E-state index contributed by atoms with van der Waals surface area (Å²) in [6.07, 6.45) is 59.8. The number of amides is 1. The molecule has 12 unspecified atom stereocenters. The SMILES string of the molecule is CCCCCCCCCCCCCCCCCC/C=C/CC/C=C/C(O)C(COC1OC(CO)C(OC2OC(CO)C(O)C(O)C2O)C(O)C1O)NC(=O)CCCCCCCCCCCCCCCCCCCCCCCCCCCCCCCCCCC. The van der Waals surface area contributed by atoms with Crippen LogP contribution < -0.4 is 5.32 Å². The van der Waals surface area contributed by atoms with E-state index >= 15 is 0 Å². The Morgan fingerprint density at radius 2 is 0.719 bits per heavy atom. The minimum atomic E-state index is -1.79. The average Bonchev–Trinajstić information content (AvgIpc) is 1.31. The second kappa shape index (κ2) is 60.2. The van der Waals surface area contributed by atoms with Gasteiger partial charge in [0.15, 0.2) is 12.6 Å². The first-order valence-electron chi connectivity index (χ1n) is 38.1. The standard InChI is InChI=1S/C75H143NO13/c1-3-5-7-9-11-13-15-17-19-21-23-25-27-28-29-30-31-32-33-34-35-36-37-39-41-43-45-47-49-51-53-55-57-59-67(80)76-63(62-86-74-72(85)70(83)73(66(61-78)88-74)89-75-71(84)69(82)68(81)65(60-77)87-75)64(79)58-56-54-52-50-48-46-44-42-40-38-26-24-22-20-18-16-14-12-10-8-6-4-2/h48,50,56,58,63-66,68-75,77-79,81-85H,3-47,49,51-55,57,59-62H2,1-2H3,(H,76,80)/b50-48+,58-56+. The van der Waals surface area contributed by atoms with Crippen molar-refractivity contribution >= 4 is 5.91 Å². The summed E-state index contributed by atoms with van der Waals surface area (Å²) in [7, 11) is 0. The molecular weight excluding hydrogens is 1120 g/mol. The van der Waals surface area contributed by atoms with Crippen molar-refractivity contribution in [3.63, 3.8) is 0 Å². The lowest BCUT2D eigenvalue weighted by Crippen LogP contribution is -2.65. The lowest BCUT2D eigenvalue weighted by molar-refractivity contribution is -0.359. The Morgan fingerprint density at radius 1 is 0.393 bits per heavy atom. The molecule has 2 heterocycles. The summed E-state index contributed by atoms with van der Waals surface area (Å²) >= 11 is 0. The second-order valence-electron chi connectivity index (χ2n) is 27.1. The maximum atomic E-state index is 13.3. The van der Waals surface area contributed by atoms with E-state index in [1.54, 1.807) is 6.08 Å². The molecule has 0 aromatic carbocycles. The first-order valence-corrected chi connectivity index (χ1v) is 38.1. The molecule has 0 radical (unpaired) electrons. The van der Waals surface area contributed by atoms with Gasteiger partial charge in [-0.25, -0.2) is 0 Å². The quantitative estimate of drug-likeness (QED) is 0.0204. The van der Waals surface area contributed by atoms with E-state index in [0.717, 1.165) is 32.1 Å². The van der Waals surface area contributed by atoms with E-state index in [-0.39, 0.29) is 18.9 Å². The van der Waals surface area contributed by atoms with Crippen LogP contribution in [0.25, 0.3) is 0 Å². The number of hydrogen-bond donors (Lipinski definition) is 9. The molecule has 0 saturated carbocycles.